The number of hydrogen-bond acceptors (Lipinski definition) is 2. The standard InChI is InChI=1S/C19H16ClNOS/c1-13(23-16-11-9-15(20)10-12-16)19(22)21-18-8-4-6-14-5-2-3-7-17(14)18/h2-13H,1H3,(H,21,22). The third kappa shape index (κ3) is 3.87. The Morgan fingerprint density at radius 1 is 1.00 bits per heavy atom. The largest absolute Gasteiger partial charge is 0.325 e. The van der Waals surface area contributed by atoms with Crippen molar-refractivity contribution in [2.75, 3.05) is 5.32 Å². The lowest BCUT2D eigenvalue weighted by atomic mass is 10.1. The van der Waals surface area contributed by atoms with E-state index in [9.17, 15) is 4.79 Å². The molecule has 3 rings (SSSR count). The lowest BCUT2D eigenvalue weighted by Gasteiger charge is -2.13. The molecular weight excluding hydrogens is 326 g/mol. The molecule has 0 saturated carbocycles. The van der Waals surface area contributed by atoms with Crippen LogP contribution in [-0.4, -0.2) is 11.2 Å². The summed E-state index contributed by atoms with van der Waals surface area (Å²) in [6.07, 6.45) is 0. The zero-order chi connectivity index (χ0) is 16.2. The number of amides is 1. The number of nitrogens with one attached hydrogen (secondary N) is 1. The molecule has 3 aromatic carbocycles. The van der Waals surface area contributed by atoms with Gasteiger partial charge in [0, 0.05) is 21.0 Å². The molecule has 0 aliphatic heterocycles. The monoisotopic (exact) mass is 341 g/mol. The molecule has 0 radical (unpaired) electrons. The molecule has 1 amide bonds. The molecule has 1 unspecified atom stereocenters. The highest BCUT2D eigenvalue weighted by Crippen LogP contribution is 2.27. The molecule has 4 heteroatoms. The summed E-state index contributed by atoms with van der Waals surface area (Å²) < 4.78 is 0. The molecule has 0 bridgehead atoms. The first-order chi connectivity index (χ1) is 11.1. The van der Waals surface area contributed by atoms with Gasteiger partial charge in [0.2, 0.25) is 5.91 Å². The summed E-state index contributed by atoms with van der Waals surface area (Å²) in [6, 6.07) is 21.5. The maximum Gasteiger partial charge on any atom is 0.237 e. The van der Waals surface area contributed by atoms with Gasteiger partial charge in [0.1, 0.15) is 0 Å². The molecule has 0 fully saturated rings. The van der Waals surface area contributed by atoms with Crippen LogP contribution in [-0.2, 0) is 4.79 Å². The fraction of sp³-hybridized carbons (Fsp3) is 0.105. The SMILES string of the molecule is CC(Sc1ccc(Cl)cc1)C(=O)Nc1cccc2ccccc12. The number of hydrogen-bond donors (Lipinski definition) is 1. The third-order valence-corrected chi connectivity index (χ3v) is 4.91. The first-order valence-corrected chi connectivity index (χ1v) is 8.60. The highest BCUT2D eigenvalue weighted by Gasteiger charge is 2.15. The van der Waals surface area contributed by atoms with Crippen LogP contribution in [0.4, 0.5) is 5.69 Å². The number of rotatable bonds is 4. The molecule has 0 aliphatic rings. The van der Waals surface area contributed by atoms with Crippen molar-refractivity contribution in [3.63, 3.8) is 0 Å². The first-order valence-electron chi connectivity index (χ1n) is 7.34. The number of carbonyl (C=O) groups is 1. The van der Waals surface area contributed by atoms with Crippen molar-refractivity contribution in [1.82, 2.24) is 0 Å². The van der Waals surface area contributed by atoms with Gasteiger partial charge in [-0.25, -0.2) is 0 Å². The van der Waals surface area contributed by atoms with Crippen LogP contribution in [0, 0.1) is 0 Å². The van der Waals surface area contributed by atoms with Gasteiger partial charge in [-0.15, -0.1) is 11.8 Å². The van der Waals surface area contributed by atoms with Gasteiger partial charge in [0.15, 0.2) is 0 Å². The van der Waals surface area contributed by atoms with Gasteiger partial charge >= 0.3 is 0 Å². The van der Waals surface area contributed by atoms with Gasteiger partial charge < -0.3 is 5.32 Å². The van der Waals surface area contributed by atoms with Crippen LogP contribution in [0.15, 0.2) is 71.6 Å². The van der Waals surface area contributed by atoms with E-state index in [2.05, 4.69) is 5.32 Å². The average Bonchev–Trinajstić information content (AvgIpc) is 2.57. The molecule has 0 saturated heterocycles. The number of carbonyl (C=O) groups excluding carboxylic acids is 1. The molecular formula is C19H16ClNOS. The Kier molecular flexibility index (Phi) is 4.89. The Bertz CT molecular complexity index is 827. The Morgan fingerprint density at radius 3 is 2.48 bits per heavy atom. The van der Waals surface area contributed by atoms with Gasteiger partial charge in [-0.1, -0.05) is 48.0 Å². The van der Waals surface area contributed by atoms with E-state index in [-0.39, 0.29) is 11.2 Å². The van der Waals surface area contributed by atoms with Gasteiger partial charge in [-0.2, -0.15) is 0 Å². The third-order valence-electron chi connectivity index (χ3n) is 3.54. The molecule has 23 heavy (non-hydrogen) atoms. The number of halogens is 1. The van der Waals surface area contributed by atoms with Crippen LogP contribution < -0.4 is 5.32 Å². The van der Waals surface area contributed by atoms with E-state index >= 15 is 0 Å². The number of benzene rings is 3. The molecule has 1 atom stereocenters. The minimum atomic E-state index is -0.199. The predicted molar refractivity (Wildman–Crippen MR) is 99.3 cm³/mol. The van der Waals surface area contributed by atoms with Crippen LogP contribution in [0.3, 0.4) is 0 Å². The summed E-state index contributed by atoms with van der Waals surface area (Å²) in [5, 5.41) is 5.69. The van der Waals surface area contributed by atoms with Gasteiger partial charge in [0.25, 0.3) is 0 Å². The molecule has 1 N–H and O–H groups in total. The Balaban J connectivity index is 1.74. The van der Waals surface area contributed by atoms with Crippen molar-refractivity contribution in [3.05, 3.63) is 71.8 Å². The highest BCUT2D eigenvalue weighted by atomic mass is 35.5. The number of thioether (sulfide) groups is 1. The fourth-order valence-corrected chi connectivity index (χ4v) is 3.33. The summed E-state index contributed by atoms with van der Waals surface area (Å²) >= 11 is 7.40. The fourth-order valence-electron chi connectivity index (χ4n) is 2.34. The van der Waals surface area contributed by atoms with E-state index in [0.29, 0.717) is 5.02 Å². The lowest BCUT2D eigenvalue weighted by molar-refractivity contribution is -0.115. The quantitative estimate of drug-likeness (QED) is 0.625. The van der Waals surface area contributed by atoms with E-state index in [4.69, 9.17) is 11.6 Å². The molecule has 0 spiro atoms. The minimum Gasteiger partial charge on any atom is -0.325 e. The van der Waals surface area contributed by atoms with Crippen molar-refractivity contribution >= 4 is 45.7 Å². The van der Waals surface area contributed by atoms with Crippen LogP contribution in [0.1, 0.15) is 6.92 Å². The summed E-state index contributed by atoms with van der Waals surface area (Å²) in [4.78, 5) is 13.5. The molecule has 0 aromatic heterocycles. The van der Waals surface area contributed by atoms with Crippen molar-refractivity contribution in [2.24, 2.45) is 0 Å². The van der Waals surface area contributed by atoms with Crippen molar-refractivity contribution < 1.29 is 4.79 Å². The maximum atomic E-state index is 12.5. The van der Waals surface area contributed by atoms with Crippen molar-refractivity contribution in [2.45, 2.75) is 17.1 Å². The second-order valence-corrected chi connectivity index (χ2v) is 7.08. The second-order valence-electron chi connectivity index (χ2n) is 5.23. The molecule has 0 heterocycles. The molecule has 3 aromatic rings. The van der Waals surface area contributed by atoms with Gasteiger partial charge in [-0.3, -0.25) is 4.79 Å². The molecule has 2 nitrogen and oxygen atoms in total. The van der Waals surface area contributed by atoms with Crippen LogP contribution in [0.25, 0.3) is 10.8 Å². The van der Waals surface area contributed by atoms with E-state index in [1.54, 1.807) is 0 Å². The van der Waals surface area contributed by atoms with Crippen LogP contribution >= 0.6 is 23.4 Å². The lowest BCUT2D eigenvalue weighted by Crippen LogP contribution is -2.22. The number of fused-ring (bicyclic) bond motifs is 1. The van der Waals surface area contributed by atoms with Crippen molar-refractivity contribution in [1.29, 1.82) is 0 Å². The van der Waals surface area contributed by atoms with Gasteiger partial charge in [-0.05, 0) is 42.6 Å². The van der Waals surface area contributed by atoms with Crippen LogP contribution in [0.5, 0.6) is 0 Å². The predicted octanol–water partition coefficient (Wildman–Crippen LogP) is 5.61. The topological polar surface area (TPSA) is 29.1 Å². The van der Waals surface area contributed by atoms with E-state index in [1.165, 1.54) is 11.8 Å². The van der Waals surface area contributed by atoms with Gasteiger partial charge in [0.05, 0.1) is 5.25 Å². The molecule has 116 valence electrons. The van der Waals surface area contributed by atoms with E-state index < -0.39 is 0 Å². The van der Waals surface area contributed by atoms with Crippen LogP contribution in [0.2, 0.25) is 5.02 Å². The zero-order valence-corrected chi connectivity index (χ0v) is 14.2. The Morgan fingerprint density at radius 2 is 1.70 bits per heavy atom. The summed E-state index contributed by atoms with van der Waals surface area (Å²) in [6.45, 7) is 1.90. The minimum absolute atomic E-state index is 0.0127. The zero-order valence-electron chi connectivity index (χ0n) is 12.6. The summed E-state index contributed by atoms with van der Waals surface area (Å²) in [7, 11) is 0. The van der Waals surface area contributed by atoms with Crippen molar-refractivity contribution in [3.8, 4) is 0 Å². The first kappa shape index (κ1) is 15.9. The summed E-state index contributed by atoms with van der Waals surface area (Å²) in [5.41, 5.74) is 0.844. The molecule has 0 aliphatic carbocycles. The van der Waals surface area contributed by atoms with E-state index in [1.807, 2.05) is 73.7 Å². The average molecular weight is 342 g/mol. The highest BCUT2D eigenvalue weighted by molar-refractivity contribution is 8.00. The smallest absolute Gasteiger partial charge is 0.237 e. The second kappa shape index (κ2) is 7.07. The number of anilines is 1. The Labute approximate surface area is 144 Å². The maximum absolute atomic E-state index is 12.5. The Hall–Kier alpha value is -1.97. The van der Waals surface area contributed by atoms with E-state index in [0.717, 1.165) is 21.4 Å². The summed E-state index contributed by atoms with van der Waals surface area (Å²) in [5.74, 6) is -0.0127. The normalized spacial score (nSPS) is 12.1.